The number of rotatable bonds is 8. The van der Waals surface area contributed by atoms with Crippen molar-refractivity contribution in [3.05, 3.63) is 231 Å². The smallest absolute Gasteiger partial charge is 0.0562 e. The van der Waals surface area contributed by atoms with E-state index in [2.05, 4.69) is 240 Å². The van der Waals surface area contributed by atoms with Crippen LogP contribution in [0.5, 0.6) is 0 Å². The number of hydrogen-bond acceptors (Lipinski definition) is 1. The second-order valence-corrected chi connectivity index (χ2v) is 14.2. The van der Waals surface area contributed by atoms with Gasteiger partial charge in [-0.2, -0.15) is 0 Å². The molecule has 0 radical (unpaired) electrons. The van der Waals surface area contributed by atoms with Gasteiger partial charge in [0, 0.05) is 33.4 Å². The van der Waals surface area contributed by atoms with Crippen LogP contribution in [0.1, 0.15) is 0 Å². The Morgan fingerprint density at radius 3 is 1.50 bits per heavy atom. The fraction of sp³-hybridized carbons (Fsp3) is 0. The Bertz CT molecular complexity index is 2930. The van der Waals surface area contributed by atoms with Gasteiger partial charge < -0.3 is 9.47 Å². The summed E-state index contributed by atoms with van der Waals surface area (Å²) in [7, 11) is 0. The largest absolute Gasteiger partial charge is 0.310 e. The third-order valence-electron chi connectivity index (χ3n) is 10.8. The Morgan fingerprint density at radius 1 is 0.304 bits per heavy atom. The molecule has 0 aliphatic carbocycles. The molecule has 0 saturated heterocycles. The fourth-order valence-electron chi connectivity index (χ4n) is 8.18. The maximum Gasteiger partial charge on any atom is 0.0562 e. The summed E-state index contributed by atoms with van der Waals surface area (Å²) < 4.78 is 2.42. The molecule has 1 heterocycles. The minimum Gasteiger partial charge on any atom is -0.310 e. The van der Waals surface area contributed by atoms with Crippen molar-refractivity contribution in [3.8, 4) is 50.2 Å². The normalized spacial score (nSPS) is 11.2. The van der Waals surface area contributed by atoms with Gasteiger partial charge in [0.15, 0.2) is 0 Å². The van der Waals surface area contributed by atoms with Gasteiger partial charge in [0.25, 0.3) is 0 Å². The Labute approximate surface area is 327 Å². The van der Waals surface area contributed by atoms with Crippen molar-refractivity contribution in [1.29, 1.82) is 0 Å². The van der Waals surface area contributed by atoms with E-state index in [1.165, 1.54) is 55.2 Å². The molecule has 9 aromatic carbocycles. The molecule has 2 heteroatoms. The van der Waals surface area contributed by atoms with Crippen LogP contribution in [0.25, 0.3) is 72.0 Å². The second kappa shape index (κ2) is 14.4. The summed E-state index contributed by atoms with van der Waals surface area (Å²) >= 11 is 0. The summed E-state index contributed by atoms with van der Waals surface area (Å²) in [6.07, 6.45) is 0. The maximum atomic E-state index is 2.43. The third kappa shape index (κ3) is 6.04. The van der Waals surface area contributed by atoms with Crippen LogP contribution >= 0.6 is 0 Å². The van der Waals surface area contributed by atoms with Crippen molar-refractivity contribution in [1.82, 2.24) is 4.57 Å². The number of hydrogen-bond donors (Lipinski definition) is 0. The molecule has 0 bridgehead atoms. The van der Waals surface area contributed by atoms with E-state index in [-0.39, 0.29) is 0 Å². The zero-order valence-electron chi connectivity index (χ0n) is 30.8. The summed E-state index contributed by atoms with van der Waals surface area (Å²) in [6, 6.07) is 83.0. The molecule has 0 atom stereocenters. The average molecular weight is 715 g/mol. The highest BCUT2D eigenvalue weighted by atomic mass is 15.1. The Morgan fingerprint density at radius 2 is 0.804 bits per heavy atom. The number of aromatic nitrogens is 1. The molecule has 0 saturated carbocycles. The predicted molar refractivity (Wildman–Crippen MR) is 237 cm³/mol. The number of anilines is 3. The zero-order valence-corrected chi connectivity index (χ0v) is 30.8. The average Bonchev–Trinajstić information content (AvgIpc) is 3.62. The molecule has 0 aliphatic rings. The van der Waals surface area contributed by atoms with Gasteiger partial charge in [-0.05, 0) is 87.5 Å². The zero-order chi connectivity index (χ0) is 37.3. The topological polar surface area (TPSA) is 8.17 Å². The first kappa shape index (κ1) is 33.2. The standard InChI is InChI=1S/C54H38N2/c1-5-17-39(18-6-1)40-31-33-41(34-32-40)44-23-15-26-46(37-44)55(51-29-14-13-27-48(51)42-19-7-2-8-20-42)47-35-36-50-53(38-47)56(45-24-11-4-12-25-45)52-30-16-28-49(54(50)52)43-21-9-3-10-22-43/h1-38H. The summed E-state index contributed by atoms with van der Waals surface area (Å²) in [4.78, 5) is 2.43. The monoisotopic (exact) mass is 714 g/mol. The lowest BCUT2D eigenvalue weighted by Gasteiger charge is -2.28. The first-order valence-electron chi connectivity index (χ1n) is 19.2. The van der Waals surface area contributed by atoms with Crippen LogP contribution in [0, 0.1) is 0 Å². The molecule has 1 aromatic heterocycles. The molecule has 0 aliphatic heterocycles. The van der Waals surface area contributed by atoms with Crippen LogP contribution < -0.4 is 4.90 Å². The van der Waals surface area contributed by atoms with E-state index in [1.807, 2.05) is 0 Å². The van der Waals surface area contributed by atoms with Crippen LogP contribution in [0.15, 0.2) is 231 Å². The van der Waals surface area contributed by atoms with Crippen molar-refractivity contribution in [3.63, 3.8) is 0 Å². The van der Waals surface area contributed by atoms with E-state index < -0.39 is 0 Å². The minimum absolute atomic E-state index is 1.08. The lowest BCUT2D eigenvalue weighted by atomic mass is 9.98. The van der Waals surface area contributed by atoms with Crippen molar-refractivity contribution < 1.29 is 0 Å². The second-order valence-electron chi connectivity index (χ2n) is 14.2. The van der Waals surface area contributed by atoms with Gasteiger partial charge in [-0.15, -0.1) is 0 Å². The summed E-state index contributed by atoms with van der Waals surface area (Å²) in [5, 5.41) is 2.47. The first-order valence-corrected chi connectivity index (χ1v) is 19.2. The Balaban J connectivity index is 1.20. The molecular formula is C54H38N2. The minimum atomic E-state index is 1.08. The quantitative estimate of drug-likeness (QED) is 0.152. The third-order valence-corrected chi connectivity index (χ3v) is 10.8. The summed E-state index contributed by atoms with van der Waals surface area (Å²) in [5.41, 5.74) is 16.3. The van der Waals surface area contributed by atoms with Crippen molar-refractivity contribution in [2.75, 3.05) is 4.90 Å². The molecule has 0 N–H and O–H groups in total. The summed E-state index contributed by atoms with van der Waals surface area (Å²) in [6.45, 7) is 0. The molecule has 0 fully saturated rings. The van der Waals surface area contributed by atoms with Crippen LogP contribution in [-0.2, 0) is 0 Å². The molecule has 10 aromatic rings. The molecule has 0 unspecified atom stereocenters. The van der Waals surface area contributed by atoms with Crippen LogP contribution in [0.3, 0.4) is 0 Å². The number of para-hydroxylation sites is 2. The van der Waals surface area contributed by atoms with E-state index in [0.29, 0.717) is 0 Å². The summed E-state index contributed by atoms with van der Waals surface area (Å²) in [5.74, 6) is 0. The predicted octanol–water partition coefficient (Wildman–Crippen LogP) is 14.9. The highest BCUT2D eigenvalue weighted by Crippen LogP contribution is 2.45. The first-order chi connectivity index (χ1) is 27.8. The Kier molecular flexibility index (Phi) is 8.55. The van der Waals surface area contributed by atoms with E-state index in [0.717, 1.165) is 33.8 Å². The molecule has 0 spiro atoms. The van der Waals surface area contributed by atoms with Crippen LogP contribution in [0.4, 0.5) is 17.1 Å². The van der Waals surface area contributed by atoms with E-state index in [9.17, 15) is 0 Å². The van der Waals surface area contributed by atoms with Crippen molar-refractivity contribution in [2.24, 2.45) is 0 Å². The van der Waals surface area contributed by atoms with Gasteiger partial charge in [-0.1, -0.05) is 182 Å². The number of fused-ring (bicyclic) bond motifs is 3. The molecule has 10 rings (SSSR count). The maximum absolute atomic E-state index is 2.43. The van der Waals surface area contributed by atoms with Gasteiger partial charge in [0.05, 0.1) is 16.7 Å². The highest BCUT2D eigenvalue weighted by molar-refractivity contribution is 6.16. The van der Waals surface area contributed by atoms with Crippen molar-refractivity contribution >= 4 is 38.9 Å². The molecule has 2 nitrogen and oxygen atoms in total. The fourth-order valence-corrected chi connectivity index (χ4v) is 8.18. The lowest BCUT2D eigenvalue weighted by Crippen LogP contribution is -2.11. The molecule has 264 valence electrons. The number of nitrogens with zero attached hydrogens (tertiary/aromatic N) is 2. The van der Waals surface area contributed by atoms with E-state index in [1.54, 1.807) is 0 Å². The molecular weight excluding hydrogens is 677 g/mol. The number of benzene rings is 9. The molecule has 56 heavy (non-hydrogen) atoms. The van der Waals surface area contributed by atoms with E-state index in [4.69, 9.17) is 0 Å². The van der Waals surface area contributed by atoms with Crippen LogP contribution in [0.2, 0.25) is 0 Å². The SMILES string of the molecule is c1ccc(-c2ccc(-c3cccc(N(c4ccc5c6c(-c7ccccc7)cccc6n(-c6ccccc6)c5c4)c4ccccc4-c4ccccc4)c3)cc2)cc1. The Hall–Kier alpha value is -7.42. The van der Waals surface area contributed by atoms with Gasteiger partial charge in [-0.3, -0.25) is 0 Å². The van der Waals surface area contributed by atoms with Crippen molar-refractivity contribution in [2.45, 2.75) is 0 Å². The van der Waals surface area contributed by atoms with Gasteiger partial charge >= 0.3 is 0 Å². The van der Waals surface area contributed by atoms with Gasteiger partial charge in [-0.25, -0.2) is 0 Å². The van der Waals surface area contributed by atoms with Gasteiger partial charge in [0.1, 0.15) is 0 Å². The van der Waals surface area contributed by atoms with Gasteiger partial charge in [0.2, 0.25) is 0 Å². The lowest BCUT2D eigenvalue weighted by molar-refractivity contribution is 1.18. The molecule has 0 amide bonds. The highest BCUT2D eigenvalue weighted by Gasteiger charge is 2.21. The van der Waals surface area contributed by atoms with Crippen LogP contribution in [-0.4, -0.2) is 4.57 Å². The van der Waals surface area contributed by atoms with E-state index >= 15 is 0 Å².